The quantitative estimate of drug-likeness (QED) is 0.237. The number of nitrogens with zero attached hydrogens (tertiary/aromatic N) is 6. The summed E-state index contributed by atoms with van der Waals surface area (Å²) in [6, 6.07) is 6.87. The minimum atomic E-state index is -0.669. The fourth-order valence-corrected chi connectivity index (χ4v) is 4.72. The number of nitriles is 1. The van der Waals surface area contributed by atoms with Gasteiger partial charge in [0.05, 0.1) is 29.8 Å². The maximum atomic E-state index is 14.2. The third kappa shape index (κ3) is 6.46. The van der Waals surface area contributed by atoms with E-state index >= 15 is 0 Å². The van der Waals surface area contributed by atoms with Crippen LogP contribution in [0.25, 0.3) is 5.65 Å². The molecule has 218 valence electrons. The molecule has 2 amide bonds. The lowest BCUT2D eigenvalue weighted by Gasteiger charge is -2.30. The maximum Gasteiger partial charge on any atom is 0.276 e. The minimum absolute atomic E-state index is 0.0123. The summed E-state index contributed by atoms with van der Waals surface area (Å²) in [5.74, 6) is 0.0847. The van der Waals surface area contributed by atoms with Crippen molar-refractivity contribution in [1.82, 2.24) is 30.1 Å². The summed E-state index contributed by atoms with van der Waals surface area (Å²) >= 11 is 0. The Kier molecular flexibility index (Phi) is 8.01. The van der Waals surface area contributed by atoms with E-state index in [-0.39, 0.29) is 41.2 Å². The van der Waals surface area contributed by atoms with Crippen LogP contribution in [-0.4, -0.2) is 48.6 Å². The van der Waals surface area contributed by atoms with Gasteiger partial charge in [-0.25, -0.2) is 13.9 Å². The van der Waals surface area contributed by atoms with Crippen molar-refractivity contribution in [2.75, 3.05) is 16.0 Å². The molecule has 0 bridgehead atoms. The lowest BCUT2D eigenvalue weighted by molar-refractivity contribution is -0.121. The molecule has 1 fully saturated rings. The van der Waals surface area contributed by atoms with Crippen molar-refractivity contribution in [3.8, 4) is 6.07 Å². The highest BCUT2D eigenvalue weighted by Gasteiger charge is 2.25. The Bertz CT molecular complexity index is 1640. The molecule has 13 nitrogen and oxygen atoms in total. The third-order valence-corrected chi connectivity index (χ3v) is 6.92. The van der Waals surface area contributed by atoms with Gasteiger partial charge in [0.1, 0.15) is 18.0 Å². The van der Waals surface area contributed by atoms with E-state index in [1.165, 1.54) is 23.0 Å². The van der Waals surface area contributed by atoms with Gasteiger partial charge in [-0.3, -0.25) is 14.6 Å². The Balaban J connectivity index is 1.41. The number of carbonyl (C=O) groups excluding carboxylic acids is 2. The number of anilines is 4. The molecule has 0 atom stereocenters. The molecule has 4 aromatic heterocycles. The van der Waals surface area contributed by atoms with Gasteiger partial charge in [0, 0.05) is 35.8 Å². The van der Waals surface area contributed by atoms with Gasteiger partial charge >= 0.3 is 0 Å². The molecule has 0 unspecified atom stereocenters. The summed E-state index contributed by atoms with van der Waals surface area (Å²) < 4.78 is 21.1. The Morgan fingerprint density at radius 2 is 1.88 bits per heavy atom. The summed E-state index contributed by atoms with van der Waals surface area (Å²) in [7, 11) is 0. The lowest BCUT2D eigenvalue weighted by atomic mass is 9.91. The number of hydrogen-bond acceptors (Lipinski definition) is 10. The molecule has 4 N–H and O–H groups in total. The first kappa shape index (κ1) is 28.5. The average Bonchev–Trinajstić information content (AvgIpc) is 3.59. The smallest absolute Gasteiger partial charge is 0.276 e. The first-order valence-electron chi connectivity index (χ1n) is 13.6. The number of aromatic nitrogens is 5. The number of rotatable bonds is 8. The van der Waals surface area contributed by atoms with E-state index in [2.05, 4.69) is 41.5 Å². The Morgan fingerprint density at radius 1 is 1.12 bits per heavy atom. The van der Waals surface area contributed by atoms with Crippen LogP contribution >= 0.6 is 0 Å². The van der Waals surface area contributed by atoms with Gasteiger partial charge < -0.3 is 25.8 Å². The van der Waals surface area contributed by atoms with Crippen molar-refractivity contribution >= 4 is 40.5 Å². The van der Waals surface area contributed by atoms with E-state index in [4.69, 9.17) is 9.78 Å². The molecule has 4 heterocycles. The molecule has 42 heavy (non-hydrogen) atoms. The van der Waals surface area contributed by atoms with E-state index in [0.29, 0.717) is 28.7 Å². The number of carbonyl (C=O) groups is 2. The van der Waals surface area contributed by atoms with Gasteiger partial charge in [-0.2, -0.15) is 5.26 Å². The number of halogens is 1. The summed E-state index contributed by atoms with van der Waals surface area (Å²) in [5, 5.41) is 29.6. The van der Waals surface area contributed by atoms with Crippen molar-refractivity contribution in [2.45, 2.75) is 70.4 Å². The zero-order valence-corrected chi connectivity index (χ0v) is 23.4. The van der Waals surface area contributed by atoms with E-state index in [9.17, 15) is 14.0 Å². The lowest BCUT2D eigenvalue weighted by Crippen LogP contribution is -2.40. The maximum absolute atomic E-state index is 14.2. The first-order chi connectivity index (χ1) is 20.1. The van der Waals surface area contributed by atoms with Gasteiger partial charge in [0.15, 0.2) is 23.0 Å². The van der Waals surface area contributed by atoms with Gasteiger partial charge in [-0.1, -0.05) is 25.9 Å². The zero-order valence-electron chi connectivity index (χ0n) is 23.4. The Hall–Kier alpha value is -5.06. The van der Waals surface area contributed by atoms with Crippen molar-refractivity contribution in [1.29, 1.82) is 5.26 Å². The number of fused-ring (bicyclic) bond motifs is 1. The predicted molar refractivity (Wildman–Crippen MR) is 152 cm³/mol. The van der Waals surface area contributed by atoms with Gasteiger partial charge in [0.25, 0.3) is 5.91 Å². The van der Waals surface area contributed by atoms with Crippen molar-refractivity contribution < 1.29 is 18.5 Å². The highest BCUT2D eigenvalue weighted by atomic mass is 19.1. The standard InChI is InChI=1S/C28H31FN10O3/c1-28(2,3)22-13-24(38-42-22)35-20-12-23(33-16-4-6-17(7-5-16)34-25(40)8-10-30)37-39-21(15-32-26(20)39)27(41)36-19-9-11-31-14-18(19)29/h9,11-17H,4-8H2,1-3H3,(H,33,37)(H,34,40)(H,35,38)(H,31,36,41)/t16-,17-. The van der Waals surface area contributed by atoms with E-state index < -0.39 is 11.7 Å². The summed E-state index contributed by atoms with van der Waals surface area (Å²) in [4.78, 5) is 33.1. The molecule has 1 aliphatic carbocycles. The van der Waals surface area contributed by atoms with Gasteiger partial charge in [-0.15, -0.1) is 5.10 Å². The van der Waals surface area contributed by atoms with E-state index in [1.807, 2.05) is 26.8 Å². The number of amides is 2. The molecule has 0 aliphatic heterocycles. The van der Waals surface area contributed by atoms with Gasteiger partial charge in [0.2, 0.25) is 5.91 Å². The van der Waals surface area contributed by atoms with Crippen LogP contribution < -0.4 is 21.3 Å². The van der Waals surface area contributed by atoms with Crippen LogP contribution in [0.2, 0.25) is 0 Å². The van der Waals surface area contributed by atoms with Crippen LogP contribution in [0.1, 0.15) is 69.1 Å². The third-order valence-electron chi connectivity index (χ3n) is 6.92. The second-order valence-electron chi connectivity index (χ2n) is 11.2. The summed E-state index contributed by atoms with van der Waals surface area (Å²) in [6.07, 6.45) is 6.61. The van der Waals surface area contributed by atoms with Crippen molar-refractivity contribution in [2.24, 2.45) is 0 Å². The molecule has 0 radical (unpaired) electrons. The van der Waals surface area contributed by atoms with Gasteiger partial charge in [-0.05, 0) is 31.7 Å². The molecule has 1 aliphatic rings. The molecule has 0 saturated heterocycles. The fraction of sp³-hybridized carbons (Fsp3) is 0.393. The van der Waals surface area contributed by atoms with Crippen molar-refractivity contribution in [3.63, 3.8) is 0 Å². The van der Waals surface area contributed by atoms with Crippen LogP contribution in [0.3, 0.4) is 0 Å². The predicted octanol–water partition coefficient (Wildman–Crippen LogP) is 4.30. The Morgan fingerprint density at radius 3 is 2.57 bits per heavy atom. The number of hydrogen-bond donors (Lipinski definition) is 4. The topological polar surface area (TPSA) is 175 Å². The monoisotopic (exact) mass is 574 g/mol. The second kappa shape index (κ2) is 11.8. The average molecular weight is 575 g/mol. The molecule has 4 aromatic rings. The highest BCUT2D eigenvalue weighted by molar-refractivity contribution is 6.03. The zero-order chi connectivity index (χ0) is 29.9. The number of imidazole rings is 1. The molecule has 1 saturated carbocycles. The van der Waals surface area contributed by atoms with Crippen LogP contribution in [0.15, 0.2) is 41.3 Å². The fourth-order valence-electron chi connectivity index (χ4n) is 4.72. The van der Waals surface area contributed by atoms with Crippen LogP contribution in [0.4, 0.5) is 27.4 Å². The van der Waals surface area contributed by atoms with Crippen LogP contribution in [0.5, 0.6) is 0 Å². The summed E-state index contributed by atoms with van der Waals surface area (Å²) in [6.45, 7) is 6.04. The highest BCUT2D eigenvalue weighted by Crippen LogP contribution is 2.30. The first-order valence-corrected chi connectivity index (χ1v) is 13.6. The molecule has 5 rings (SSSR count). The molecule has 0 aromatic carbocycles. The van der Waals surface area contributed by atoms with E-state index in [1.54, 1.807) is 12.1 Å². The molecule has 0 spiro atoms. The molecular formula is C28H31FN10O3. The van der Waals surface area contributed by atoms with E-state index in [0.717, 1.165) is 31.9 Å². The SMILES string of the molecule is CC(C)(C)c1cc(Nc2cc(N[C@H]3CC[C@H](NC(=O)CC#N)CC3)nn3c(C(=O)Nc4ccncc4F)cnc23)no1. The second-order valence-corrected chi connectivity index (χ2v) is 11.2. The van der Waals surface area contributed by atoms with Crippen molar-refractivity contribution in [3.05, 3.63) is 54.1 Å². The van der Waals surface area contributed by atoms with Crippen LogP contribution in [-0.2, 0) is 10.2 Å². The molecule has 14 heteroatoms. The number of nitrogens with one attached hydrogen (secondary N) is 4. The van der Waals surface area contributed by atoms with Crippen LogP contribution in [0, 0.1) is 17.1 Å². The number of pyridine rings is 1. The Labute approximate surface area is 240 Å². The summed E-state index contributed by atoms with van der Waals surface area (Å²) in [5.41, 5.74) is 0.694. The largest absolute Gasteiger partial charge is 0.366 e. The molecular weight excluding hydrogens is 543 g/mol. The normalized spacial score (nSPS) is 16.9. The minimum Gasteiger partial charge on any atom is -0.366 e.